The molecule has 0 amide bonds. The van der Waals surface area contributed by atoms with Crippen LogP contribution < -0.4 is 4.90 Å². The first-order valence-electron chi connectivity index (χ1n) is 6.01. The number of halogens is 1. The summed E-state index contributed by atoms with van der Waals surface area (Å²) in [6.45, 7) is 2.30. The third kappa shape index (κ3) is 2.25. The highest BCUT2D eigenvalue weighted by atomic mass is 79.9. The predicted octanol–water partition coefficient (Wildman–Crippen LogP) is 3.03. The highest BCUT2D eigenvalue weighted by Crippen LogP contribution is 2.40. The zero-order chi connectivity index (χ0) is 11.0. The zero-order valence-electron chi connectivity index (χ0n) is 9.23. The minimum atomic E-state index is 0.685. The van der Waals surface area contributed by atoms with Gasteiger partial charge in [-0.3, -0.25) is 0 Å². The molecule has 0 spiro atoms. The van der Waals surface area contributed by atoms with Gasteiger partial charge in [0.1, 0.15) is 5.82 Å². The van der Waals surface area contributed by atoms with Gasteiger partial charge in [-0.15, -0.1) is 0 Å². The maximum atomic E-state index is 4.67. The van der Waals surface area contributed by atoms with Crippen LogP contribution in [-0.4, -0.2) is 27.8 Å². The number of hydrogen-bond donors (Lipinski definition) is 0. The number of alkyl halides is 1. The number of rotatable bonds is 3. The van der Waals surface area contributed by atoms with Gasteiger partial charge in [0.15, 0.2) is 0 Å². The normalized spacial score (nSPS) is 22.7. The summed E-state index contributed by atoms with van der Waals surface area (Å²) >= 11 is 5.16. The molecule has 3 nitrogen and oxygen atoms in total. The van der Waals surface area contributed by atoms with E-state index in [-0.39, 0.29) is 0 Å². The Morgan fingerprint density at radius 2 is 2.00 bits per heavy atom. The maximum absolute atomic E-state index is 4.67. The van der Waals surface area contributed by atoms with E-state index in [1.54, 1.807) is 11.5 Å². The molecule has 2 aliphatic rings. The van der Waals surface area contributed by atoms with Crippen LogP contribution in [0.3, 0.4) is 0 Å². The van der Waals surface area contributed by atoms with Crippen LogP contribution >= 0.6 is 27.5 Å². The molecule has 0 atom stereocenters. The Morgan fingerprint density at radius 1 is 1.25 bits per heavy atom. The van der Waals surface area contributed by atoms with Crippen molar-refractivity contribution in [2.24, 2.45) is 5.92 Å². The fraction of sp³-hybridized carbons (Fsp3) is 0.818. The first kappa shape index (κ1) is 11.0. The summed E-state index contributed by atoms with van der Waals surface area (Å²) in [5.74, 6) is 2.64. The smallest absolute Gasteiger partial charge is 0.205 e. The van der Waals surface area contributed by atoms with Gasteiger partial charge in [-0.2, -0.15) is 4.37 Å². The lowest BCUT2D eigenvalue weighted by molar-refractivity contribution is 0.446. The summed E-state index contributed by atoms with van der Waals surface area (Å²) in [5.41, 5.74) is 0. The minimum Gasteiger partial charge on any atom is -0.347 e. The van der Waals surface area contributed by atoms with Gasteiger partial charge in [-0.05, 0) is 31.6 Å². The quantitative estimate of drug-likeness (QED) is 0.804. The molecule has 2 fully saturated rings. The van der Waals surface area contributed by atoms with Gasteiger partial charge in [-0.1, -0.05) is 15.9 Å². The first-order chi connectivity index (χ1) is 7.86. The summed E-state index contributed by atoms with van der Waals surface area (Å²) < 4.78 is 4.47. The molecule has 1 aliphatic heterocycles. The fourth-order valence-electron chi connectivity index (χ4n) is 2.14. The summed E-state index contributed by atoms with van der Waals surface area (Å²) in [7, 11) is 0. The topological polar surface area (TPSA) is 29.0 Å². The molecule has 0 N–H and O–H groups in total. The Kier molecular flexibility index (Phi) is 3.16. The Labute approximate surface area is 109 Å². The molecule has 5 heteroatoms. The van der Waals surface area contributed by atoms with Crippen molar-refractivity contribution in [3.8, 4) is 0 Å². The molecule has 2 heterocycles. The van der Waals surface area contributed by atoms with Crippen LogP contribution in [0.15, 0.2) is 0 Å². The van der Waals surface area contributed by atoms with E-state index in [0.717, 1.165) is 35.3 Å². The van der Waals surface area contributed by atoms with Crippen LogP contribution in [0.2, 0.25) is 0 Å². The third-order valence-corrected chi connectivity index (χ3v) is 5.18. The molecular formula is C11H16BrN3S. The highest BCUT2D eigenvalue weighted by Gasteiger charge is 2.29. The SMILES string of the molecule is BrCC1CCN(c2nc(C3CC3)ns2)CC1. The largest absolute Gasteiger partial charge is 0.347 e. The van der Waals surface area contributed by atoms with Gasteiger partial charge in [0.25, 0.3) is 0 Å². The lowest BCUT2D eigenvalue weighted by Gasteiger charge is -2.30. The molecule has 0 unspecified atom stereocenters. The standard InChI is InChI=1S/C11H16BrN3S/c12-7-8-3-5-15(6-4-8)11-13-10(14-16-11)9-1-2-9/h8-9H,1-7H2. The van der Waals surface area contributed by atoms with Gasteiger partial charge in [0, 0.05) is 35.9 Å². The molecule has 3 rings (SSSR count). The highest BCUT2D eigenvalue weighted by molar-refractivity contribution is 9.09. The molecule has 0 aromatic carbocycles. The van der Waals surface area contributed by atoms with E-state index in [9.17, 15) is 0 Å². The summed E-state index contributed by atoms with van der Waals surface area (Å²) in [5, 5.41) is 2.29. The number of nitrogens with zero attached hydrogens (tertiary/aromatic N) is 3. The maximum Gasteiger partial charge on any atom is 0.205 e. The van der Waals surface area contributed by atoms with Gasteiger partial charge >= 0.3 is 0 Å². The van der Waals surface area contributed by atoms with E-state index >= 15 is 0 Å². The second-order valence-electron chi connectivity index (χ2n) is 4.79. The minimum absolute atomic E-state index is 0.685. The third-order valence-electron chi connectivity index (χ3n) is 3.48. The fourth-order valence-corrected chi connectivity index (χ4v) is 3.59. The molecule has 16 heavy (non-hydrogen) atoms. The van der Waals surface area contributed by atoms with E-state index in [4.69, 9.17) is 0 Å². The van der Waals surface area contributed by atoms with Crippen LogP contribution in [0, 0.1) is 5.92 Å². The van der Waals surface area contributed by atoms with Crippen molar-refractivity contribution in [3.63, 3.8) is 0 Å². The van der Waals surface area contributed by atoms with Crippen molar-refractivity contribution in [1.29, 1.82) is 0 Å². The van der Waals surface area contributed by atoms with E-state index in [1.807, 2.05) is 0 Å². The van der Waals surface area contributed by atoms with Gasteiger partial charge in [-0.25, -0.2) is 4.98 Å². The monoisotopic (exact) mass is 301 g/mol. The van der Waals surface area contributed by atoms with Crippen molar-refractivity contribution in [2.45, 2.75) is 31.6 Å². The van der Waals surface area contributed by atoms with Crippen LogP contribution in [0.25, 0.3) is 0 Å². The predicted molar refractivity (Wildman–Crippen MR) is 70.6 cm³/mol. The number of piperidine rings is 1. The second kappa shape index (κ2) is 4.61. The van der Waals surface area contributed by atoms with Gasteiger partial charge < -0.3 is 4.90 Å². The summed E-state index contributed by atoms with van der Waals surface area (Å²) in [6, 6.07) is 0. The number of hydrogen-bond acceptors (Lipinski definition) is 4. The first-order valence-corrected chi connectivity index (χ1v) is 7.91. The molecule has 1 saturated carbocycles. The molecule has 0 radical (unpaired) electrons. The van der Waals surface area contributed by atoms with E-state index in [0.29, 0.717) is 5.92 Å². The Bertz CT molecular complexity index is 356. The van der Waals surface area contributed by atoms with Crippen LogP contribution in [0.4, 0.5) is 5.13 Å². The molecule has 0 bridgehead atoms. The zero-order valence-corrected chi connectivity index (χ0v) is 11.6. The van der Waals surface area contributed by atoms with Crippen molar-refractivity contribution in [1.82, 2.24) is 9.36 Å². The van der Waals surface area contributed by atoms with Crippen LogP contribution in [-0.2, 0) is 0 Å². The van der Waals surface area contributed by atoms with E-state index < -0.39 is 0 Å². The van der Waals surface area contributed by atoms with Crippen LogP contribution in [0.1, 0.15) is 37.4 Å². The molecule has 1 aromatic heterocycles. The Balaban J connectivity index is 1.63. The second-order valence-corrected chi connectivity index (χ2v) is 6.17. The van der Waals surface area contributed by atoms with E-state index in [2.05, 4.69) is 30.2 Å². The van der Waals surface area contributed by atoms with Crippen molar-refractivity contribution >= 4 is 32.6 Å². The summed E-state index contributed by atoms with van der Waals surface area (Å²) in [6.07, 6.45) is 5.15. The lowest BCUT2D eigenvalue weighted by atomic mass is 10.00. The molecule has 1 saturated heterocycles. The number of aromatic nitrogens is 2. The summed E-state index contributed by atoms with van der Waals surface area (Å²) in [4.78, 5) is 7.07. The molecule has 88 valence electrons. The lowest BCUT2D eigenvalue weighted by Crippen LogP contribution is -2.34. The number of anilines is 1. The molecule has 1 aromatic rings. The van der Waals surface area contributed by atoms with E-state index in [1.165, 1.54) is 25.7 Å². The van der Waals surface area contributed by atoms with Crippen molar-refractivity contribution in [2.75, 3.05) is 23.3 Å². The molecule has 1 aliphatic carbocycles. The van der Waals surface area contributed by atoms with Crippen LogP contribution in [0.5, 0.6) is 0 Å². The Morgan fingerprint density at radius 3 is 2.62 bits per heavy atom. The average Bonchev–Trinajstić information content (AvgIpc) is 3.08. The average molecular weight is 302 g/mol. The van der Waals surface area contributed by atoms with Crippen molar-refractivity contribution in [3.05, 3.63) is 5.82 Å². The molecular weight excluding hydrogens is 286 g/mol. The Hall–Kier alpha value is -0.160. The van der Waals surface area contributed by atoms with Crippen molar-refractivity contribution < 1.29 is 0 Å². The van der Waals surface area contributed by atoms with Gasteiger partial charge in [0.05, 0.1) is 0 Å². The van der Waals surface area contributed by atoms with Gasteiger partial charge in [0.2, 0.25) is 5.13 Å².